The number of carbonyl (C=O) groups excluding carboxylic acids is 1. The molecule has 0 aromatic heterocycles. The number of rotatable bonds is 6. The van der Waals surface area contributed by atoms with Crippen molar-refractivity contribution >= 4 is 18.1 Å². The molecule has 0 bridgehead atoms. The summed E-state index contributed by atoms with van der Waals surface area (Å²) < 4.78 is 22.8. The van der Waals surface area contributed by atoms with E-state index in [0.717, 1.165) is 5.56 Å². The van der Waals surface area contributed by atoms with Crippen LogP contribution in [0, 0.1) is 6.92 Å². The molecule has 2 aromatic rings. The second-order valence-electron chi connectivity index (χ2n) is 9.26. The first-order valence-corrected chi connectivity index (χ1v) is 11.6. The van der Waals surface area contributed by atoms with Crippen LogP contribution < -0.4 is 14.8 Å². The first-order chi connectivity index (χ1) is 17.1. The van der Waals surface area contributed by atoms with E-state index in [1.165, 1.54) is 13.2 Å². The standard InChI is InChI=1S/C27H31NO8/c1-15-19(34-26-22(31)21(30)24(33-4)27(2,3)36-26)12-11-17-14-18(25(32)35-23(15)17)28-20(29)13-10-16-8-6-5-7-9-16/h5-14,21-22,24-26,30-32H,1-4H3,(H,28,29)/b13-10+/t21-,22+,24+,25?,26+/m0/s1. The van der Waals surface area contributed by atoms with Crippen molar-refractivity contribution in [2.45, 2.75) is 57.3 Å². The average molecular weight is 498 g/mol. The maximum Gasteiger partial charge on any atom is 0.248 e. The Morgan fingerprint density at radius 2 is 1.81 bits per heavy atom. The number of carbonyl (C=O) groups is 1. The van der Waals surface area contributed by atoms with E-state index in [0.29, 0.717) is 22.6 Å². The van der Waals surface area contributed by atoms with Crippen LogP contribution in [0.1, 0.15) is 30.5 Å². The molecule has 36 heavy (non-hydrogen) atoms. The quantitative estimate of drug-likeness (QED) is 0.447. The summed E-state index contributed by atoms with van der Waals surface area (Å²) in [5.74, 6) is 0.292. The van der Waals surface area contributed by atoms with Gasteiger partial charge in [-0.2, -0.15) is 0 Å². The molecule has 9 nitrogen and oxygen atoms in total. The highest BCUT2D eigenvalue weighted by Gasteiger charge is 2.50. The molecule has 2 aromatic carbocycles. The smallest absolute Gasteiger partial charge is 0.248 e. The molecule has 0 saturated carbocycles. The fraction of sp³-hybridized carbons (Fsp3) is 0.370. The van der Waals surface area contributed by atoms with E-state index in [2.05, 4.69) is 5.32 Å². The second-order valence-corrected chi connectivity index (χ2v) is 9.26. The molecule has 1 fully saturated rings. The van der Waals surface area contributed by atoms with E-state index in [-0.39, 0.29) is 5.70 Å². The molecule has 9 heteroatoms. The monoisotopic (exact) mass is 497 g/mol. The van der Waals surface area contributed by atoms with Crippen LogP contribution in [0.15, 0.2) is 54.2 Å². The summed E-state index contributed by atoms with van der Waals surface area (Å²) in [6, 6.07) is 12.7. The maximum absolute atomic E-state index is 12.3. The number of fused-ring (bicyclic) bond motifs is 1. The topological polar surface area (TPSA) is 127 Å². The van der Waals surface area contributed by atoms with Gasteiger partial charge in [0.05, 0.1) is 11.3 Å². The first-order valence-electron chi connectivity index (χ1n) is 11.6. The van der Waals surface area contributed by atoms with Crippen LogP contribution in [0.4, 0.5) is 0 Å². The molecule has 1 amide bonds. The number of methoxy groups -OCH3 is 1. The van der Waals surface area contributed by atoms with E-state index >= 15 is 0 Å². The van der Waals surface area contributed by atoms with Gasteiger partial charge in [0.25, 0.3) is 0 Å². The average Bonchev–Trinajstić information content (AvgIpc) is 2.84. The van der Waals surface area contributed by atoms with Gasteiger partial charge in [0.2, 0.25) is 18.5 Å². The van der Waals surface area contributed by atoms with Gasteiger partial charge < -0.3 is 39.6 Å². The molecule has 0 aliphatic carbocycles. The molecule has 2 aliphatic heterocycles. The minimum absolute atomic E-state index is 0.194. The van der Waals surface area contributed by atoms with Crippen molar-refractivity contribution in [1.29, 1.82) is 0 Å². The van der Waals surface area contributed by atoms with Crippen molar-refractivity contribution in [3.8, 4) is 11.5 Å². The lowest BCUT2D eigenvalue weighted by molar-refractivity contribution is -0.306. The van der Waals surface area contributed by atoms with Crippen LogP contribution in [0.3, 0.4) is 0 Å². The van der Waals surface area contributed by atoms with Gasteiger partial charge in [0.1, 0.15) is 29.8 Å². The summed E-state index contributed by atoms with van der Waals surface area (Å²) in [5, 5.41) is 34.2. The molecule has 1 saturated heterocycles. The summed E-state index contributed by atoms with van der Waals surface area (Å²) in [7, 11) is 1.44. The Bertz CT molecular complexity index is 1160. The van der Waals surface area contributed by atoms with Gasteiger partial charge in [0, 0.05) is 24.3 Å². The van der Waals surface area contributed by atoms with Crippen molar-refractivity contribution < 1.29 is 39.1 Å². The molecular formula is C27H31NO8. The molecular weight excluding hydrogens is 466 g/mol. The minimum Gasteiger partial charge on any atom is -0.462 e. The summed E-state index contributed by atoms with van der Waals surface area (Å²) in [6.07, 6.45) is -1.20. The highest BCUT2D eigenvalue weighted by Crippen LogP contribution is 2.39. The van der Waals surface area contributed by atoms with Crippen LogP contribution in [0.25, 0.3) is 12.2 Å². The van der Waals surface area contributed by atoms with Gasteiger partial charge in [-0.1, -0.05) is 30.3 Å². The SMILES string of the molecule is CO[C@@H]1[C@@H](O)[C@@H](O)[C@H](Oc2ccc3c(c2C)OC(O)C(NC(=O)/C=C/c2ccccc2)=C3)OC1(C)C. The Labute approximate surface area is 209 Å². The van der Waals surface area contributed by atoms with Crippen molar-refractivity contribution in [3.05, 3.63) is 70.9 Å². The lowest BCUT2D eigenvalue weighted by Gasteiger charge is -2.46. The van der Waals surface area contributed by atoms with Crippen molar-refractivity contribution in [2.24, 2.45) is 0 Å². The van der Waals surface area contributed by atoms with Gasteiger partial charge in [0.15, 0.2) is 0 Å². The molecule has 0 radical (unpaired) electrons. The third-order valence-corrected chi connectivity index (χ3v) is 6.23. The summed E-state index contributed by atoms with van der Waals surface area (Å²) in [6.45, 7) is 5.21. The molecule has 192 valence electrons. The zero-order chi connectivity index (χ0) is 26.0. The summed E-state index contributed by atoms with van der Waals surface area (Å²) in [5.41, 5.74) is 1.32. The molecule has 0 spiro atoms. The number of benzene rings is 2. The van der Waals surface area contributed by atoms with E-state index in [9.17, 15) is 20.1 Å². The van der Waals surface area contributed by atoms with Crippen LogP contribution in [0.2, 0.25) is 0 Å². The Morgan fingerprint density at radius 1 is 1.08 bits per heavy atom. The molecule has 2 aliphatic rings. The highest BCUT2D eigenvalue weighted by molar-refractivity contribution is 5.93. The summed E-state index contributed by atoms with van der Waals surface area (Å²) in [4.78, 5) is 12.3. The van der Waals surface area contributed by atoms with E-state index < -0.39 is 42.4 Å². The molecule has 4 N–H and O–H groups in total. The molecule has 1 unspecified atom stereocenters. The number of amides is 1. The zero-order valence-electron chi connectivity index (χ0n) is 20.5. The number of aliphatic hydroxyl groups excluding tert-OH is 3. The Kier molecular flexibility index (Phi) is 7.49. The van der Waals surface area contributed by atoms with Crippen LogP contribution >= 0.6 is 0 Å². The zero-order valence-corrected chi connectivity index (χ0v) is 20.5. The Hall–Kier alpha value is -3.21. The molecule has 2 heterocycles. The van der Waals surface area contributed by atoms with Crippen LogP contribution in [-0.2, 0) is 14.3 Å². The number of hydrogen-bond donors (Lipinski definition) is 4. The maximum atomic E-state index is 12.3. The van der Waals surface area contributed by atoms with E-state index in [1.54, 1.807) is 45.1 Å². The third kappa shape index (κ3) is 5.30. The highest BCUT2D eigenvalue weighted by atomic mass is 16.7. The van der Waals surface area contributed by atoms with E-state index in [1.807, 2.05) is 30.3 Å². The number of nitrogens with one attached hydrogen (secondary N) is 1. The predicted octanol–water partition coefficient (Wildman–Crippen LogP) is 2.13. The summed E-state index contributed by atoms with van der Waals surface area (Å²) >= 11 is 0. The number of aliphatic hydroxyl groups is 3. The molecule has 4 rings (SSSR count). The van der Waals surface area contributed by atoms with Crippen molar-refractivity contribution in [3.63, 3.8) is 0 Å². The van der Waals surface area contributed by atoms with E-state index in [4.69, 9.17) is 18.9 Å². The first kappa shape index (κ1) is 25.9. The van der Waals surface area contributed by atoms with Gasteiger partial charge in [-0.05, 0) is 50.6 Å². The predicted molar refractivity (Wildman–Crippen MR) is 132 cm³/mol. The largest absolute Gasteiger partial charge is 0.462 e. The lowest BCUT2D eigenvalue weighted by atomic mass is 9.89. The molecule has 5 atom stereocenters. The third-order valence-electron chi connectivity index (χ3n) is 6.23. The Morgan fingerprint density at radius 3 is 2.50 bits per heavy atom. The Balaban J connectivity index is 1.50. The van der Waals surface area contributed by atoms with Crippen molar-refractivity contribution in [2.75, 3.05) is 7.11 Å². The normalized spacial score (nSPS) is 27.1. The van der Waals surface area contributed by atoms with Gasteiger partial charge in [-0.25, -0.2) is 0 Å². The fourth-order valence-electron chi connectivity index (χ4n) is 4.35. The van der Waals surface area contributed by atoms with Crippen LogP contribution in [-0.4, -0.2) is 64.8 Å². The van der Waals surface area contributed by atoms with Gasteiger partial charge >= 0.3 is 0 Å². The second kappa shape index (κ2) is 10.4. The van der Waals surface area contributed by atoms with Crippen LogP contribution in [0.5, 0.6) is 11.5 Å². The van der Waals surface area contributed by atoms with Gasteiger partial charge in [-0.15, -0.1) is 0 Å². The van der Waals surface area contributed by atoms with Crippen molar-refractivity contribution in [1.82, 2.24) is 5.32 Å². The minimum atomic E-state index is -1.40. The fourth-order valence-corrected chi connectivity index (χ4v) is 4.35. The number of ether oxygens (including phenoxy) is 4. The number of hydrogen-bond acceptors (Lipinski definition) is 8. The van der Waals surface area contributed by atoms with Gasteiger partial charge in [-0.3, -0.25) is 4.79 Å². The lowest BCUT2D eigenvalue weighted by Crippen LogP contribution is -2.63.